The van der Waals surface area contributed by atoms with Crippen LogP contribution >= 0.6 is 0 Å². The molecule has 18 heavy (non-hydrogen) atoms. The molecule has 1 aromatic rings. The van der Waals surface area contributed by atoms with E-state index in [1.807, 2.05) is 18.2 Å². The molecule has 3 atom stereocenters. The molecule has 1 fully saturated rings. The van der Waals surface area contributed by atoms with Gasteiger partial charge in [0.15, 0.2) is 6.29 Å². The summed E-state index contributed by atoms with van der Waals surface area (Å²) >= 11 is 0. The summed E-state index contributed by atoms with van der Waals surface area (Å²) in [6, 6.07) is 10.2. The highest BCUT2D eigenvalue weighted by Crippen LogP contribution is 2.21. The topological polar surface area (TPSA) is 27.7 Å². The lowest BCUT2D eigenvalue weighted by molar-refractivity contribution is -0.263. The van der Waals surface area contributed by atoms with Crippen molar-refractivity contribution in [3.05, 3.63) is 35.9 Å². The van der Waals surface area contributed by atoms with Gasteiger partial charge in [-0.1, -0.05) is 44.2 Å². The van der Waals surface area contributed by atoms with E-state index in [2.05, 4.69) is 26.0 Å². The Hall–Kier alpha value is -0.900. The van der Waals surface area contributed by atoms with E-state index in [9.17, 15) is 0 Å². The van der Waals surface area contributed by atoms with Crippen LogP contribution in [0.4, 0.5) is 0 Å². The minimum absolute atomic E-state index is 0.0398. The minimum atomic E-state index is -0.0634. The van der Waals surface area contributed by atoms with Crippen LogP contribution < -0.4 is 0 Å². The largest absolute Gasteiger partial charge is 0.368 e. The zero-order chi connectivity index (χ0) is 12.8. The molecule has 0 aliphatic carbocycles. The maximum absolute atomic E-state index is 5.92. The van der Waals surface area contributed by atoms with Crippen molar-refractivity contribution in [2.75, 3.05) is 6.61 Å². The van der Waals surface area contributed by atoms with Gasteiger partial charge in [-0.15, -0.1) is 0 Å². The molecule has 3 nitrogen and oxygen atoms in total. The fraction of sp³-hybridized carbons (Fsp3) is 0.600. The third kappa shape index (κ3) is 3.55. The van der Waals surface area contributed by atoms with Crippen LogP contribution in [-0.2, 0) is 20.8 Å². The first-order chi connectivity index (χ1) is 8.83. The Morgan fingerprint density at radius 3 is 2.61 bits per heavy atom. The Morgan fingerprint density at radius 1 is 1.17 bits per heavy atom. The second-order valence-electron chi connectivity index (χ2n) is 4.59. The van der Waals surface area contributed by atoms with Crippen LogP contribution in [0.3, 0.4) is 0 Å². The Kier molecular flexibility index (Phi) is 5.17. The van der Waals surface area contributed by atoms with Gasteiger partial charge in [-0.25, -0.2) is 0 Å². The zero-order valence-corrected chi connectivity index (χ0v) is 11.2. The highest BCUT2D eigenvalue weighted by atomic mass is 16.7. The zero-order valence-electron chi connectivity index (χ0n) is 11.2. The normalized spacial score (nSPS) is 28.2. The van der Waals surface area contributed by atoms with Gasteiger partial charge in [0.05, 0.1) is 19.3 Å². The molecule has 100 valence electrons. The maximum atomic E-state index is 5.92. The molecular formula is C15H22O3. The predicted octanol–water partition coefficient (Wildman–Crippen LogP) is 3.13. The van der Waals surface area contributed by atoms with Crippen LogP contribution in [0, 0.1) is 0 Å². The molecule has 0 N–H and O–H groups in total. The third-order valence-electron chi connectivity index (χ3n) is 3.23. The van der Waals surface area contributed by atoms with E-state index in [4.69, 9.17) is 14.2 Å². The van der Waals surface area contributed by atoms with Gasteiger partial charge in [0.25, 0.3) is 0 Å². The fourth-order valence-corrected chi connectivity index (χ4v) is 2.14. The first-order valence-electron chi connectivity index (χ1n) is 6.76. The van der Waals surface area contributed by atoms with Crippen LogP contribution in [0.2, 0.25) is 0 Å². The van der Waals surface area contributed by atoms with Crippen molar-refractivity contribution in [3.8, 4) is 0 Å². The Morgan fingerprint density at radius 2 is 1.94 bits per heavy atom. The third-order valence-corrected chi connectivity index (χ3v) is 3.23. The summed E-state index contributed by atoms with van der Waals surface area (Å²) in [4.78, 5) is 0. The molecule has 0 unspecified atom stereocenters. The van der Waals surface area contributed by atoms with E-state index in [0.29, 0.717) is 13.2 Å². The monoisotopic (exact) mass is 250 g/mol. The van der Waals surface area contributed by atoms with Gasteiger partial charge in [0.1, 0.15) is 6.10 Å². The molecule has 0 amide bonds. The molecule has 0 aromatic heterocycles. The van der Waals surface area contributed by atoms with Crippen LogP contribution in [0.5, 0.6) is 0 Å². The van der Waals surface area contributed by atoms with Gasteiger partial charge in [-0.3, -0.25) is 0 Å². The van der Waals surface area contributed by atoms with Crippen molar-refractivity contribution >= 4 is 0 Å². The lowest BCUT2D eigenvalue weighted by atomic mass is 10.1. The smallest absolute Gasteiger partial charge is 0.157 e. The molecule has 3 heteroatoms. The molecular weight excluding hydrogens is 228 g/mol. The molecule has 1 saturated heterocycles. The lowest BCUT2D eigenvalue weighted by Gasteiger charge is -2.35. The Bertz CT molecular complexity index is 339. The van der Waals surface area contributed by atoms with E-state index in [1.54, 1.807) is 0 Å². The van der Waals surface area contributed by atoms with Crippen molar-refractivity contribution in [2.45, 2.75) is 51.8 Å². The first-order valence-corrected chi connectivity index (χ1v) is 6.76. The minimum Gasteiger partial charge on any atom is -0.368 e. The van der Waals surface area contributed by atoms with Crippen LogP contribution in [-0.4, -0.2) is 25.1 Å². The standard InChI is InChI=1S/C15H22O3/c1-3-13-14(11-17-15(4-2)18-13)16-10-12-8-6-5-7-9-12/h5-9,13-15H,3-4,10-11H2,1-2H3/t13-,14-,15+/m1/s1. The van der Waals surface area contributed by atoms with Crippen molar-refractivity contribution in [3.63, 3.8) is 0 Å². The number of ether oxygens (including phenoxy) is 3. The Balaban J connectivity index is 1.85. The molecule has 0 spiro atoms. The summed E-state index contributed by atoms with van der Waals surface area (Å²) in [6.07, 6.45) is 1.97. The van der Waals surface area contributed by atoms with Crippen LogP contribution in [0.15, 0.2) is 30.3 Å². The van der Waals surface area contributed by atoms with Crippen molar-refractivity contribution < 1.29 is 14.2 Å². The van der Waals surface area contributed by atoms with Crippen molar-refractivity contribution in [1.82, 2.24) is 0 Å². The van der Waals surface area contributed by atoms with E-state index < -0.39 is 0 Å². The van der Waals surface area contributed by atoms with E-state index in [0.717, 1.165) is 12.8 Å². The SMILES string of the molecule is CC[C@H]1OC[C@@H](OCc2ccccc2)[C@@H](CC)O1. The molecule has 1 heterocycles. The van der Waals surface area contributed by atoms with Crippen molar-refractivity contribution in [1.29, 1.82) is 0 Å². The number of hydrogen-bond acceptors (Lipinski definition) is 3. The van der Waals surface area contributed by atoms with Crippen molar-refractivity contribution in [2.24, 2.45) is 0 Å². The summed E-state index contributed by atoms with van der Waals surface area (Å²) in [5.74, 6) is 0. The van der Waals surface area contributed by atoms with Gasteiger partial charge in [0.2, 0.25) is 0 Å². The van der Waals surface area contributed by atoms with Crippen LogP contribution in [0.25, 0.3) is 0 Å². The number of rotatable bonds is 5. The van der Waals surface area contributed by atoms with Gasteiger partial charge >= 0.3 is 0 Å². The molecule has 1 aromatic carbocycles. The summed E-state index contributed by atoms with van der Waals surface area (Å²) in [7, 11) is 0. The van der Waals surface area contributed by atoms with Gasteiger partial charge < -0.3 is 14.2 Å². The molecule has 0 radical (unpaired) electrons. The summed E-state index contributed by atoms with van der Waals surface area (Å²) in [5, 5.41) is 0. The van der Waals surface area contributed by atoms with E-state index in [-0.39, 0.29) is 18.5 Å². The lowest BCUT2D eigenvalue weighted by Crippen LogP contribution is -2.44. The average molecular weight is 250 g/mol. The predicted molar refractivity (Wildman–Crippen MR) is 70.2 cm³/mol. The molecule has 1 aliphatic rings. The fourth-order valence-electron chi connectivity index (χ4n) is 2.14. The summed E-state index contributed by atoms with van der Waals surface area (Å²) in [5.41, 5.74) is 1.19. The second-order valence-corrected chi connectivity index (χ2v) is 4.59. The highest BCUT2D eigenvalue weighted by molar-refractivity contribution is 5.13. The van der Waals surface area contributed by atoms with E-state index >= 15 is 0 Å². The Labute approximate surface area is 109 Å². The van der Waals surface area contributed by atoms with Crippen LogP contribution in [0.1, 0.15) is 32.3 Å². The molecule has 0 saturated carbocycles. The average Bonchev–Trinajstić information content (AvgIpc) is 2.46. The van der Waals surface area contributed by atoms with Gasteiger partial charge in [-0.2, -0.15) is 0 Å². The molecule has 0 bridgehead atoms. The van der Waals surface area contributed by atoms with E-state index in [1.165, 1.54) is 5.56 Å². The van der Waals surface area contributed by atoms with Gasteiger partial charge in [-0.05, 0) is 18.4 Å². The second kappa shape index (κ2) is 6.88. The quantitative estimate of drug-likeness (QED) is 0.803. The number of benzene rings is 1. The first kappa shape index (κ1) is 13.5. The maximum Gasteiger partial charge on any atom is 0.157 e. The summed E-state index contributed by atoms with van der Waals surface area (Å²) in [6.45, 7) is 5.44. The summed E-state index contributed by atoms with van der Waals surface area (Å²) < 4.78 is 17.4. The molecule has 1 aliphatic heterocycles. The molecule has 2 rings (SSSR count). The number of hydrogen-bond donors (Lipinski definition) is 0. The van der Waals surface area contributed by atoms with Gasteiger partial charge in [0, 0.05) is 0 Å². The highest BCUT2D eigenvalue weighted by Gasteiger charge is 2.30.